The number of nitrogens with two attached hydrogens (primary N) is 3. The lowest BCUT2D eigenvalue weighted by Gasteiger charge is -2.52. The maximum absolute atomic E-state index is 13.2. The van der Waals surface area contributed by atoms with Crippen LogP contribution >= 0.6 is 0 Å². The number of fused-ring (bicyclic) bond motifs is 4. The van der Waals surface area contributed by atoms with Crippen LogP contribution in [0.2, 0.25) is 0 Å². The van der Waals surface area contributed by atoms with Gasteiger partial charge in [-0.2, -0.15) is 0 Å². The number of nitrogens with one attached hydrogen (secondary N) is 6. The van der Waals surface area contributed by atoms with Gasteiger partial charge in [0.2, 0.25) is 0 Å². The second-order valence-electron chi connectivity index (χ2n) is 29.3. The van der Waals surface area contributed by atoms with Gasteiger partial charge in [0.05, 0.1) is 67.8 Å². The van der Waals surface area contributed by atoms with Crippen molar-refractivity contribution in [1.82, 2.24) is 41.7 Å². The summed E-state index contributed by atoms with van der Waals surface area (Å²) in [7, 11) is 5.03. The van der Waals surface area contributed by atoms with E-state index in [-0.39, 0.29) is 65.8 Å². The van der Waals surface area contributed by atoms with Crippen LogP contribution in [-0.2, 0) is 74.8 Å². The summed E-state index contributed by atoms with van der Waals surface area (Å²) < 4.78 is 78.1. The summed E-state index contributed by atoms with van der Waals surface area (Å²) in [5.41, 5.74) is 19.8. The Balaban J connectivity index is 0.000000242. The van der Waals surface area contributed by atoms with Gasteiger partial charge in [0, 0.05) is 63.3 Å². The number of likely N-dealkylation sites (tertiary alicyclic amines) is 1. The molecule has 18 unspecified atom stereocenters. The minimum Gasteiger partial charge on any atom is -0.445 e. The van der Waals surface area contributed by atoms with Gasteiger partial charge in [-0.15, -0.1) is 0 Å². The number of ether oxygens (including phenoxy) is 13. The molecule has 9 aliphatic heterocycles. The molecule has 2 aromatic rings. The van der Waals surface area contributed by atoms with Crippen molar-refractivity contribution in [2.45, 2.75) is 275 Å². The Morgan fingerprint density at radius 1 is 0.523 bits per heavy atom. The van der Waals surface area contributed by atoms with Crippen LogP contribution in [0.15, 0.2) is 60.7 Å². The smallest absolute Gasteiger partial charge is 0.410 e. The predicted molar refractivity (Wildman–Crippen MR) is 371 cm³/mol. The van der Waals surface area contributed by atoms with Gasteiger partial charge >= 0.3 is 18.3 Å². The lowest BCUT2D eigenvalue weighted by atomic mass is 9.83. The Bertz CT molecular complexity index is 3110. The van der Waals surface area contributed by atoms with Crippen molar-refractivity contribution >= 4 is 18.3 Å². The van der Waals surface area contributed by atoms with Crippen molar-refractivity contribution in [2.75, 3.05) is 60.5 Å². The van der Waals surface area contributed by atoms with Gasteiger partial charge in [0.25, 0.3) is 0 Å². The maximum atomic E-state index is 13.2. The Labute approximate surface area is 620 Å². The Hall–Kier alpha value is -4.91. The van der Waals surface area contributed by atoms with E-state index in [1.807, 2.05) is 19.2 Å². The van der Waals surface area contributed by atoms with E-state index in [1.54, 1.807) is 62.5 Å². The first-order valence-electron chi connectivity index (χ1n) is 35.9. The Kier molecular flexibility index (Phi) is 29.4. The molecule has 0 aromatic heterocycles. The normalized spacial score (nSPS) is 43.5. The number of aliphatic hydroxyl groups is 11. The minimum atomic E-state index is -1.67. The Morgan fingerprint density at radius 2 is 1.05 bits per heavy atom. The molecule has 34 atom stereocenters. The fourth-order valence-corrected chi connectivity index (χ4v) is 15.7. The summed E-state index contributed by atoms with van der Waals surface area (Å²) in [5.74, 6) is -0.470. The maximum Gasteiger partial charge on any atom is 0.410 e. The third-order valence-electron chi connectivity index (χ3n) is 21.8. The average molecular weight is 1530 g/mol. The van der Waals surface area contributed by atoms with Crippen LogP contribution in [0.1, 0.15) is 58.6 Å². The van der Waals surface area contributed by atoms with Crippen molar-refractivity contribution in [3.63, 3.8) is 0 Å². The highest BCUT2D eigenvalue weighted by Crippen LogP contribution is 2.44. The topological polar surface area (TPSA) is 550 Å². The van der Waals surface area contributed by atoms with Gasteiger partial charge in [-0.25, -0.2) is 14.4 Å². The second-order valence-corrected chi connectivity index (χ2v) is 29.3. The monoisotopic (exact) mass is 1530 g/mol. The first-order valence-corrected chi connectivity index (χ1v) is 35.9. The summed E-state index contributed by atoms with van der Waals surface area (Å²) in [4.78, 5) is 42.6. The molecule has 2 aliphatic carbocycles. The lowest BCUT2D eigenvalue weighted by Crippen LogP contribution is -2.71. The first kappa shape index (κ1) is 84.5. The molecule has 38 nitrogen and oxygen atoms in total. The number of likely N-dealkylation sites (N-methyl/N-ethyl adjacent to an activating group) is 3. The SMILES string of the molecule is C.C.CC1C[C@@H]2OC(O[C@H]3OC(CO)[C@@H](NC4CNC4)[C@H](O)C3O)C3C(OC(=O)N3C)C2O[C@@H]1O[C@@H]1C(NC(=O)OCc2ccccc2)C[C@@H](NC(=O)OCc2ccccc2)C(O)[C@H]1O.CNC1C(O[C@H]2OC(CO)[C@@H](NC3CN(C)C3)[C@H](O)C2O)O[C@H]2CC(N)[C@@H](O[C@@H]3C(N)C[C@@H](N)C(O)[C@H]3O)OC2C1O. The lowest BCUT2D eigenvalue weighted by molar-refractivity contribution is -0.376. The molecule has 2 saturated carbocycles. The van der Waals surface area contributed by atoms with E-state index in [2.05, 4.69) is 36.8 Å². The van der Waals surface area contributed by atoms with Gasteiger partial charge in [-0.05, 0) is 50.9 Å². The quantitative estimate of drug-likeness (QED) is 0.0517. The molecule has 0 bridgehead atoms. The number of carbonyl (C=O) groups excluding carboxylic acids is 3. The highest BCUT2D eigenvalue weighted by Gasteiger charge is 2.62. The van der Waals surface area contributed by atoms with E-state index in [1.165, 1.54) is 11.9 Å². The van der Waals surface area contributed by atoms with Gasteiger partial charge in [-0.3, -0.25) is 4.90 Å². The number of alkyl carbamates (subject to hydrolysis) is 2. The van der Waals surface area contributed by atoms with E-state index in [0.717, 1.165) is 24.2 Å². The standard InChI is InChI=1S/C42H57N5O16.C25H48N6O11.2CH4/c1-20-13-26-35(36-29(47(2)42(55)62-36)38(58-26)63-39-33(52)31(50)28(27(17-48)59-39)44-23-15-43-16-23)61-37(20)60-34-25(46-41(54)57-19-22-11-7-4-8-12-22)14-24(30(49)32(34)51)45-40(53)56-18-21-9-5-3-6-10-21;1-29-15-18(35)22-12(4-11(28)23(41-22)40-21-10(27)3-9(26)16(33)19(21)36)38-24(15)42-25-20(37)17(34)14(13(7-32)39-25)30-8-5-31(2)6-8;;/h3-12,20,23-39,43-44,48-52H,13-19H2,1-2H3,(H,45,53)(H,46,54);8-25,29-30,32-37H,3-7,26-28H2,1-2H3;2*1H4/t20?,24-,25?,26+,27?,28-,29?,30?,31+,32-,33?,34-,35?,36?,37+,38?,39-;9-,10?,11?,12+,13?,14-,15?,16?,17+,18?,19-,20?,21-,22?,23+,24?,25-;;/m11../s1. The number of amides is 3. The number of hydrogen-bond acceptors (Lipinski definition) is 35. The van der Waals surface area contributed by atoms with Crippen LogP contribution in [-0.4, -0.2) is 359 Å². The number of nitrogens with zero attached hydrogens (tertiary/aromatic N) is 2. The van der Waals surface area contributed by atoms with E-state index in [9.17, 15) is 70.6 Å². The Morgan fingerprint density at radius 3 is 1.60 bits per heavy atom. The summed E-state index contributed by atoms with van der Waals surface area (Å²) in [6.45, 7) is 3.63. The number of rotatable bonds is 21. The van der Waals surface area contributed by atoms with Crippen LogP contribution in [0, 0.1) is 5.92 Å². The first-order chi connectivity index (χ1) is 50.3. The van der Waals surface area contributed by atoms with Gasteiger partial charge in [0.1, 0.15) is 105 Å². The summed E-state index contributed by atoms with van der Waals surface area (Å²) in [6, 6.07) is 10.5. The zero-order valence-corrected chi connectivity index (χ0v) is 58.6. The summed E-state index contributed by atoms with van der Waals surface area (Å²) in [6.07, 6.45) is -30.5. The van der Waals surface area contributed by atoms with E-state index < -0.39 is 239 Å². The molecular formula is C69H113N11O27. The molecule has 606 valence electrons. The van der Waals surface area contributed by atoms with Crippen LogP contribution in [0.3, 0.4) is 0 Å². The van der Waals surface area contributed by atoms with E-state index in [0.29, 0.717) is 13.1 Å². The largest absolute Gasteiger partial charge is 0.445 e. The van der Waals surface area contributed by atoms with Crippen molar-refractivity contribution in [3.8, 4) is 0 Å². The summed E-state index contributed by atoms with van der Waals surface area (Å²) >= 11 is 0. The third kappa shape index (κ3) is 18.9. The summed E-state index contributed by atoms with van der Waals surface area (Å²) in [5, 5.41) is 137. The molecule has 11 aliphatic rings. The minimum absolute atomic E-state index is 0. The molecule has 13 rings (SSSR count). The number of carbonyl (C=O) groups is 3. The molecule has 2 aromatic carbocycles. The zero-order valence-electron chi connectivity index (χ0n) is 58.6. The predicted octanol–water partition coefficient (Wildman–Crippen LogP) is -6.96. The number of aliphatic hydroxyl groups excluding tert-OH is 11. The molecule has 3 amide bonds. The van der Waals surface area contributed by atoms with Crippen LogP contribution in [0.4, 0.5) is 14.4 Å². The second kappa shape index (κ2) is 37.2. The molecular weight excluding hydrogens is 1410 g/mol. The molecule has 0 radical (unpaired) electrons. The zero-order chi connectivity index (χ0) is 74.8. The fraction of sp³-hybridized carbons (Fsp3) is 0.783. The van der Waals surface area contributed by atoms with Gasteiger partial charge in [0.15, 0.2) is 43.8 Å². The van der Waals surface area contributed by atoms with E-state index in [4.69, 9.17) is 78.8 Å². The number of hydrogen-bond donors (Lipinski definition) is 20. The fourth-order valence-electron chi connectivity index (χ4n) is 15.7. The molecule has 0 spiro atoms. The van der Waals surface area contributed by atoms with E-state index >= 15 is 0 Å². The molecule has 38 heteroatoms. The van der Waals surface area contributed by atoms with Gasteiger partial charge < -0.3 is 172 Å². The number of benzene rings is 2. The van der Waals surface area contributed by atoms with Crippen molar-refractivity contribution in [1.29, 1.82) is 0 Å². The molecule has 11 fully saturated rings. The molecule has 23 N–H and O–H groups in total. The van der Waals surface area contributed by atoms with Crippen LogP contribution < -0.4 is 49.1 Å². The highest BCUT2D eigenvalue weighted by molar-refractivity contribution is 5.71. The van der Waals surface area contributed by atoms with Crippen molar-refractivity contribution in [3.05, 3.63) is 71.8 Å². The molecule has 9 saturated heterocycles. The highest BCUT2D eigenvalue weighted by atomic mass is 16.8. The van der Waals surface area contributed by atoms with Gasteiger partial charge in [-0.1, -0.05) is 82.4 Å². The third-order valence-corrected chi connectivity index (χ3v) is 21.8. The van der Waals surface area contributed by atoms with Crippen LogP contribution in [0.5, 0.6) is 0 Å². The molecule has 9 heterocycles. The average Bonchev–Trinajstić information content (AvgIpc) is 1.64. The van der Waals surface area contributed by atoms with Crippen LogP contribution in [0.25, 0.3) is 0 Å². The van der Waals surface area contributed by atoms with Crippen molar-refractivity contribution < 1.29 is 132 Å². The molecule has 107 heavy (non-hydrogen) atoms. The van der Waals surface area contributed by atoms with Crippen molar-refractivity contribution in [2.24, 2.45) is 23.1 Å².